The van der Waals surface area contributed by atoms with Crippen LogP contribution in [0.5, 0.6) is 0 Å². The van der Waals surface area contributed by atoms with Gasteiger partial charge in [0.15, 0.2) is 5.78 Å². The Morgan fingerprint density at radius 2 is 1.69 bits per heavy atom. The number of rotatable bonds is 3. The molecule has 84 valence electrons. The van der Waals surface area contributed by atoms with Crippen molar-refractivity contribution in [1.29, 1.82) is 0 Å². The summed E-state index contributed by atoms with van der Waals surface area (Å²) in [6.45, 7) is 0. The first-order chi connectivity index (χ1) is 7.70. The van der Waals surface area contributed by atoms with E-state index in [1.54, 1.807) is 24.3 Å². The fraction of sp³-hybridized carbons (Fsp3) is 0.385. The number of ketones is 1. The van der Waals surface area contributed by atoms with Gasteiger partial charge in [-0.1, -0.05) is 36.8 Å². The highest BCUT2D eigenvalue weighted by molar-refractivity contribution is 6.00. The molecule has 0 aromatic heterocycles. The molecule has 0 heterocycles. The van der Waals surface area contributed by atoms with E-state index in [9.17, 15) is 9.59 Å². The van der Waals surface area contributed by atoms with Gasteiger partial charge in [-0.15, -0.1) is 0 Å². The third-order valence-electron chi connectivity index (χ3n) is 3.23. The molecule has 0 saturated heterocycles. The van der Waals surface area contributed by atoms with Crippen LogP contribution in [-0.4, -0.2) is 16.9 Å². The smallest absolute Gasteiger partial charge is 0.307 e. The fourth-order valence-electron chi connectivity index (χ4n) is 2.39. The summed E-state index contributed by atoms with van der Waals surface area (Å²) in [5.41, 5.74) is 0.626. The SMILES string of the molecule is O=C(O)[C@H]1CCC[C@H]1C(=O)c1ccccc1. The summed E-state index contributed by atoms with van der Waals surface area (Å²) in [5.74, 6) is -1.69. The Morgan fingerprint density at radius 1 is 1.06 bits per heavy atom. The van der Waals surface area contributed by atoms with E-state index < -0.39 is 11.9 Å². The maximum atomic E-state index is 12.1. The van der Waals surface area contributed by atoms with Crippen molar-refractivity contribution in [1.82, 2.24) is 0 Å². The maximum absolute atomic E-state index is 12.1. The number of hydrogen-bond donors (Lipinski definition) is 1. The maximum Gasteiger partial charge on any atom is 0.307 e. The number of aliphatic carboxylic acids is 1. The summed E-state index contributed by atoms with van der Waals surface area (Å²) >= 11 is 0. The van der Waals surface area contributed by atoms with Crippen LogP contribution in [0.15, 0.2) is 30.3 Å². The average molecular weight is 218 g/mol. The predicted molar refractivity (Wildman–Crippen MR) is 59.2 cm³/mol. The Hall–Kier alpha value is -1.64. The lowest BCUT2D eigenvalue weighted by molar-refractivity contribution is -0.142. The van der Waals surface area contributed by atoms with Gasteiger partial charge in [0, 0.05) is 11.5 Å². The zero-order valence-electron chi connectivity index (χ0n) is 8.93. The summed E-state index contributed by atoms with van der Waals surface area (Å²) < 4.78 is 0. The standard InChI is InChI=1S/C13H14O3/c14-12(9-5-2-1-3-6-9)10-7-4-8-11(10)13(15)16/h1-3,5-6,10-11H,4,7-8H2,(H,15,16)/t10-,11+/m1/s1. The Kier molecular flexibility index (Phi) is 3.04. The molecule has 1 fully saturated rings. The summed E-state index contributed by atoms with van der Waals surface area (Å²) in [4.78, 5) is 23.1. The number of Topliss-reactive ketones (excluding diaryl/α,β-unsaturated/α-hetero) is 1. The minimum atomic E-state index is -0.841. The summed E-state index contributed by atoms with van der Waals surface area (Å²) in [6, 6.07) is 8.95. The second-order valence-corrected chi connectivity index (χ2v) is 4.21. The Labute approximate surface area is 94.1 Å². The van der Waals surface area contributed by atoms with Crippen LogP contribution >= 0.6 is 0 Å². The summed E-state index contributed by atoms with van der Waals surface area (Å²) in [7, 11) is 0. The van der Waals surface area contributed by atoms with E-state index in [2.05, 4.69) is 0 Å². The third-order valence-corrected chi connectivity index (χ3v) is 3.23. The number of carboxylic acids is 1. The van der Waals surface area contributed by atoms with Crippen LogP contribution in [-0.2, 0) is 4.79 Å². The van der Waals surface area contributed by atoms with Crippen molar-refractivity contribution >= 4 is 11.8 Å². The Balaban J connectivity index is 2.19. The lowest BCUT2D eigenvalue weighted by atomic mass is 9.88. The molecule has 2 rings (SSSR count). The van der Waals surface area contributed by atoms with Gasteiger partial charge in [0.25, 0.3) is 0 Å². The lowest BCUT2D eigenvalue weighted by Crippen LogP contribution is -2.25. The van der Waals surface area contributed by atoms with Gasteiger partial charge >= 0.3 is 5.97 Å². The predicted octanol–water partition coefficient (Wildman–Crippen LogP) is 2.37. The van der Waals surface area contributed by atoms with Crippen LogP contribution in [0.25, 0.3) is 0 Å². The summed E-state index contributed by atoms with van der Waals surface area (Å²) in [5, 5.41) is 9.03. The monoisotopic (exact) mass is 218 g/mol. The Morgan fingerprint density at radius 3 is 2.31 bits per heavy atom. The minimum absolute atomic E-state index is 0.0227. The third kappa shape index (κ3) is 1.98. The first-order valence-corrected chi connectivity index (χ1v) is 5.52. The van der Waals surface area contributed by atoms with E-state index in [1.807, 2.05) is 6.07 Å². The van der Waals surface area contributed by atoms with Gasteiger partial charge in [-0.2, -0.15) is 0 Å². The van der Waals surface area contributed by atoms with Gasteiger partial charge in [-0.25, -0.2) is 0 Å². The van der Waals surface area contributed by atoms with Gasteiger partial charge in [0.05, 0.1) is 5.92 Å². The van der Waals surface area contributed by atoms with Crippen LogP contribution < -0.4 is 0 Å². The molecule has 3 nitrogen and oxygen atoms in total. The van der Waals surface area contributed by atoms with Crippen molar-refractivity contribution in [3.63, 3.8) is 0 Å². The van der Waals surface area contributed by atoms with E-state index in [0.29, 0.717) is 18.4 Å². The topological polar surface area (TPSA) is 54.4 Å². The average Bonchev–Trinajstić information content (AvgIpc) is 2.78. The quantitative estimate of drug-likeness (QED) is 0.792. The highest BCUT2D eigenvalue weighted by atomic mass is 16.4. The van der Waals surface area contributed by atoms with E-state index >= 15 is 0 Å². The molecule has 2 atom stereocenters. The molecule has 0 bridgehead atoms. The van der Waals surface area contributed by atoms with Crippen molar-refractivity contribution in [2.24, 2.45) is 11.8 Å². The van der Waals surface area contributed by atoms with Crippen LogP contribution in [0.4, 0.5) is 0 Å². The number of carbonyl (C=O) groups excluding carboxylic acids is 1. The second-order valence-electron chi connectivity index (χ2n) is 4.21. The molecule has 1 N–H and O–H groups in total. The van der Waals surface area contributed by atoms with Crippen LogP contribution in [0, 0.1) is 11.8 Å². The van der Waals surface area contributed by atoms with E-state index in [-0.39, 0.29) is 11.7 Å². The molecule has 1 aliphatic carbocycles. The second kappa shape index (κ2) is 4.47. The molecule has 1 aliphatic rings. The zero-order valence-corrected chi connectivity index (χ0v) is 8.93. The number of hydrogen-bond acceptors (Lipinski definition) is 2. The Bertz CT molecular complexity index is 397. The number of benzene rings is 1. The van der Waals surface area contributed by atoms with Crippen LogP contribution in [0.3, 0.4) is 0 Å². The van der Waals surface area contributed by atoms with Gasteiger partial charge in [0.1, 0.15) is 0 Å². The van der Waals surface area contributed by atoms with E-state index in [1.165, 1.54) is 0 Å². The van der Waals surface area contributed by atoms with Crippen LogP contribution in [0.1, 0.15) is 29.6 Å². The van der Waals surface area contributed by atoms with Crippen molar-refractivity contribution in [3.8, 4) is 0 Å². The van der Waals surface area contributed by atoms with Crippen molar-refractivity contribution < 1.29 is 14.7 Å². The first-order valence-electron chi connectivity index (χ1n) is 5.52. The minimum Gasteiger partial charge on any atom is -0.481 e. The molecule has 0 unspecified atom stereocenters. The largest absolute Gasteiger partial charge is 0.481 e. The number of carboxylic acid groups (broad SMARTS) is 1. The molecular weight excluding hydrogens is 204 g/mol. The summed E-state index contributed by atoms with van der Waals surface area (Å²) in [6.07, 6.45) is 2.16. The molecule has 16 heavy (non-hydrogen) atoms. The van der Waals surface area contributed by atoms with E-state index in [0.717, 1.165) is 6.42 Å². The molecule has 0 amide bonds. The molecular formula is C13H14O3. The van der Waals surface area contributed by atoms with Crippen molar-refractivity contribution in [3.05, 3.63) is 35.9 Å². The normalized spacial score (nSPS) is 24.2. The van der Waals surface area contributed by atoms with Crippen molar-refractivity contribution in [2.45, 2.75) is 19.3 Å². The molecule has 0 radical (unpaired) electrons. The van der Waals surface area contributed by atoms with Gasteiger partial charge < -0.3 is 5.11 Å². The van der Waals surface area contributed by atoms with E-state index in [4.69, 9.17) is 5.11 Å². The van der Waals surface area contributed by atoms with Crippen LogP contribution in [0.2, 0.25) is 0 Å². The molecule has 1 saturated carbocycles. The molecule has 1 aromatic rings. The highest BCUT2D eigenvalue weighted by Crippen LogP contribution is 2.34. The molecule has 0 aliphatic heterocycles. The zero-order chi connectivity index (χ0) is 11.5. The lowest BCUT2D eigenvalue weighted by Gasteiger charge is -2.14. The molecule has 0 spiro atoms. The molecule has 3 heteroatoms. The fourth-order valence-corrected chi connectivity index (χ4v) is 2.39. The first kappa shape index (κ1) is 10.9. The number of carbonyl (C=O) groups is 2. The van der Waals surface area contributed by atoms with Gasteiger partial charge in [-0.3, -0.25) is 9.59 Å². The van der Waals surface area contributed by atoms with Crippen molar-refractivity contribution in [2.75, 3.05) is 0 Å². The highest BCUT2D eigenvalue weighted by Gasteiger charge is 2.37. The van der Waals surface area contributed by atoms with Gasteiger partial charge in [-0.05, 0) is 12.8 Å². The molecule has 1 aromatic carbocycles. The van der Waals surface area contributed by atoms with Gasteiger partial charge in [0.2, 0.25) is 0 Å².